The molecule has 3 heterocycles. The SMILES string of the molecule is CCC(Oc1nccc2c1c(C1OC=C1N)c(C)n2Cc1ccccc1)C(=O)OC(C)(C)C. The molecule has 2 aromatic heterocycles. The average molecular weight is 450 g/mol. The van der Waals surface area contributed by atoms with Gasteiger partial charge in [-0.1, -0.05) is 37.3 Å². The normalized spacial score (nSPS) is 16.5. The van der Waals surface area contributed by atoms with Gasteiger partial charge in [0, 0.05) is 24.0 Å². The van der Waals surface area contributed by atoms with Gasteiger partial charge in [0.05, 0.1) is 16.6 Å². The van der Waals surface area contributed by atoms with Crippen molar-refractivity contribution in [3.05, 3.63) is 71.4 Å². The molecule has 7 heteroatoms. The van der Waals surface area contributed by atoms with E-state index in [0.717, 1.165) is 22.2 Å². The average Bonchev–Trinajstić information content (AvgIpc) is 3.02. The summed E-state index contributed by atoms with van der Waals surface area (Å²) in [5, 5.41) is 0.800. The third kappa shape index (κ3) is 4.53. The molecule has 0 saturated heterocycles. The number of carbonyl (C=O) groups is 1. The Morgan fingerprint density at radius 2 is 1.97 bits per heavy atom. The molecule has 1 aliphatic heterocycles. The molecule has 1 aromatic carbocycles. The smallest absolute Gasteiger partial charge is 0.347 e. The Morgan fingerprint density at radius 1 is 1.24 bits per heavy atom. The second-order valence-corrected chi connectivity index (χ2v) is 9.26. The van der Waals surface area contributed by atoms with Crippen molar-refractivity contribution in [1.82, 2.24) is 9.55 Å². The summed E-state index contributed by atoms with van der Waals surface area (Å²) in [5.74, 6) is -0.0384. The summed E-state index contributed by atoms with van der Waals surface area (Å²) in [5.41, 5.74) is 10.2. The highest BCUT2D eigenvalue weighted by Crippen LogP contribution is 2.42. The summed E-state index contributed by atoms with van der Waals surface area (Å²) >= 11 is 0. The van der Waals surface area contributed by atoms with Gasteiger partial charge in [0.15, 0.2) is 12.2 Å². The topological polar surface area (TPSA) is 88.6 Å². The minimum atomic E-state index is -0.775. The van der Waals surface area contributed by atoms with E-state index in [1.54, 1.807) is 12.5 Å². The highest BCUT2D eigenvalue weighted by molar-refractivity contribution is 5.91. The summed E-state index contributed by atoms with van der Waals surface area (Å²) in [6.07, 6.45) is 2.55. The zero-order valence-corrected chi connectivity index (χ0v) is 19.8. The Kier molecular flexibility index (Phi) is 6.06. The van der Waals surface area contributed by atoms with Gasteiger partial charge in [0.1, 0.15) is 11.9 Å². The maximum atomic E-state index is 12.7. The molecule has 1 aliphatic rings. The maximum Gasteiger partial charge on any atom is 0.347 e. The van der Waals surface area contributed by atoms with Crippen molar-refractivity contribution in [2.45, 2.75) is 65.4 Å². The Labute approximate surface area is 194 Å². The molecular weight excluding hydrogens is 418 g/mol. The quantitative estimate of drug-likeness (QED) is 0.523. The highest BCUT2D eigenvalue weighted by atomic mass is 16.6. The molecule has 0 spiro atoms. The first kappa shape index (κ1) is 22.7. The molecule has 3 aromatic rings. The zero-order chi connectivity index (χ0) is 23.8. The fraction of sp³-hybridized carbons (Fsp3) is 0.385. The van der Waals surface area contributed by atoms with Crippen molar-refractivity contribution in [2.24, 2.45) is 5.73 Å². The monoisotopic (exact) mass is 449 g/mol. The lowest BCUT2D eigenvalue weighted by molar-refractivity contribution is -0.163. The second kappa shape index (κ2) is 8.81. The predicted octanol–water partition coefficient (Wildman–Crippen LogP) is 4.76. The fourth-order valence-electron chi connectivity index (χ4n) is 4.05. The molecule has 0 bridgehead atoms. The van der Waals surface area contributed by atoms with Crippen LogP contribution in [0.5, 0.6) is 5.88 Å². The van der Waals surface area contributed by atoms with E-state index in [2.05, 4.69) is 21.7 Å². The van der Waals surface area contributed by atoms with Crippen LogP contribution < -0.4 is 10.5 Å². The minimum absolute atomic E-state index is 0.374. The number of ether oxygens (including phenoxy) is 3. The fourth-order valence-corrected chi connectivity index (χ4v) is 4.05. The van der Waals surface area contributed by atoms with Crippen molar-refractivity contribution in [3.63, 3.8) is 0 Å². The highest BCUT2D eigenvalue weighted by Gasteiger charge is 2.33. The largest absolute Gasteiger partial charge is 0.485 e. The Bertz CT molecular complexity index is 1190. The molecule has 2 unspecified atom stereocenters. The van der Waals surface area contributed by atoms with Gasteiger partial charge in [0.25, 0.3) is 0 Å². The summed E-state index contributed by atoms with van der Waals surface area (Å²) in [6, 6.07) is 12.2. The van der Waals surface area contributed by atoms with Crippen LogP contribution in [-0.4, -0.2) is 27.2 Å². The number of nitrogens with two attached hydrogens (primary N) is 1. The molecule has 174 valence electrons. The van der Waals surface area contributed by atoms with Gasteiger partial charge in [0.2, 0.25) is 5.88 Å². The standard InChI is InChI=1S/C26H31N3O4/c1-6-20(25(30)33-26(3,4)5)32-24-22-19(12-13-28-24)29(14-17-10-8-7-9-11-17)16(2)21(22)23-18(27)15-31-23/h7-13,15,20,23H,6,14,27H2,1-5H3. The lowest BCUT2D eigenvalue weighted by atomic mass is 10.0. The summed E-state index contributed by atoms with van der Waals surface area (Å²) in [7, 11) is 0. The van der Waals surface area contributed by atoms with E-state index in [-0.39, 0.29) is 6.10 Å². The van der Waals surface area contributed by atoms with E-state index in [4.69, 9.17) is 19.9 Å². The van der Waals surface area contributed by atoms with Crippen molar-refractivity contribution < 1.29 is 19.0 Å². The number of fused-ring (bicyclic) bond motifs is 1. The first-order valence-corrected chi connectivity index (χ1v) is 11.2. The number of rotatable bonds is 7. The summed E-state index contributed by atoms with van der Waals surface area (Å²) < 4.78 is 19.7. The van der Waals surface area contributed by atoms with E-state index >= 15 is 0 Å². The molecule has 4 rings (SSSR count). The van der Waals surface area contributed by atoms with Crippen LogP contribution in [-0.2, 0) is 20.8 Å². The van der Waals surface area contributed by atoms with E-state index in [9.17, 15) is 4.79 Å². The van der Waals surface area contributed by atoms with E-state index in [1.165, 1.54) is 5.56 Å². The lowest BCUT2D eigenvalue weighted by Gasteiger charge is -2.26. The summed E-state index contributed by atoms with van der Waals surface area (Å²) in [6.45, 7) is 10.1. The summed E-state index contributed by atoms with van der Waals surface area (Å²) in [4.78, 5) is 17.3. The number of hydrogen-bond acceptors (Lipinski definition) is 6. The molecule has 0 radical (unpaired) electrons. The van der Waals surface area contributed by atoms with Gasteiger partial charge in [-0.3, -0.25) is 0 Å². The number of pyridine rings is 1. The Morgan fingerprint density at radius 3 is 2.55 bits per heavy atom. The molecule has 33 heavy (non-hydrogen) atoms. The first-order chi connectivity index (χ1) is 15.7. The first-order valence-electron chi connectivity index (χ1n) is 11.2. The molecule has 0 fully saturated rings. The van der Waals surface area contributed by atoms with Crippen LogP contribution in [0.3, 0.4) is 0 Å². The van der Waals surface area contributed by atoms with Crippen LogP contribution >= 0.6 is 0 Å². The predicted molar refractivity (Wildman–Crippen MR) is 127 cm³/mol. The van der Waals surface area contributed by atoms with Crippen LogP contribution in [0.15, 0.2) is 54.6 Å². The molecule has 2 N–H and O–H groups in total. The van der Waals surface area contributed by atoms with Crippen LogP contribution in [0.1, 0.15) is 57.0 Å². The van der Waals surface area contributed by atoms with Crippen LogP contribution in [0.2, 0.25) is 0 Å². The Balaban J connectivity index is 1.80. The van der Waals surface area contributed by atoms with Gasteiger partial charge in [-0.25, -0.2) is 9.78 Å². The molecule has 0 amide bonds. The zero-order valence-electron chi connectivity index (χ0n) is 19.8. The Hall–Kier alpha value is -3.48. The van der Waals surface area contributed by atoms with Crippen molar-refractivity contribution in [3.8, 4) is 5.88 Å². The van der Waals surface area contributed by atoms with E-state index in [0.29, 0.717) is 24.5 Å². The maximum absolute atomic E-state index is 12.7. The minimum Gasteiger partial charge on any atom is -0.485 e. The van der Waals surface area contributed by atoms with Crippen LogP contribution in [0.25, 0.3) is 10.9 Å². The third-order valence-electron chi connectivity index (χ3n) is 5.63. The van der Waals surface area contributed by atoms with Gasteiger partial charge >= 0.3 is 5.97 Å². The van der Waals surface area contributed by atoms with Crippen LogP contribution in [0, 0.1) is 6.92 Å². The van der Waals surface area contributed by atoms with E-state index < -0.39 is 17.7 Å². The van der Waals surface area contributed by atoms with E-state index in [1.807, 2.05) is 58.9 Å². The van der Waals surface area contributed by atoms with Crippen LogP contribution in [0.4, 0.5) is 0 Å². The number of carbonyl (C=O) groups excluding carboxylic acids is 1. The number of nitrogens with zero attached hydrogens (tertiary/aromatic N) is 2. The van der Waals surface area contributed by atoms with Crippen molar-refractivity contribution in [1.29, 1.82) is 0 Å². The second-order valence-electron chi connectivity index (χ2n) is 9.26. The number of aromatic nitrogens is 2. The lowest BCUT2D eigenvalue weighted by Crippen LogP contribution is -2.35. The number of benzene rings is 1. The molecular formula is C26H31N3O4. The third-order valence-corrected chi connectivity index (χ3v) is 5.63. The van der Waals surface area contributed by atoms with Crippen molar-refractivity contribution in [2.75, 3.05) is 0 Å². The number of esters is 1. The van der Waals surface area contributed by atoms with Gasteiger partial charge in [-0.2, -0.15) is 0 Å². The van der Waals surface area contributed by atoms with Crippen molar-refractivity contribution >= 4 is 16.9 Å². The van der Waals surface area contributed by atoms with Gasteiger partial charge < -0.3 is 24.5 Å². The number of hydrogen-bond donors (Lipinski definition) is 1. The van der Waals surface area contributed by atoms with Gasteiger partial charge in [-0.15, -0.1) is 0 Å². The molecule has 7 nitrogen and oxygen atoms in total. The van der Waals surface area contributed by atoms with Gasteiger partial charge in [-0.05, 0) is 45.7 Å². The molecule has 2 atom stereocenters. The molecule has 0 aliphatic carbocycles. The molecule has 0 saturated carbocycles.